The predicted octanol–water partition coefficient (Wildman–Crippen LogP) is 2.31. The molecule has 29 heavy (non-hydrogen) atoms. The molecule has 3 N–H and O–H groups in total. The Hall–Kier alpha value is -1.85. The van der Waals surface area contributed by atoms with Gasteiger partial charge in [0.05, 0.1) is 12.0 Å². The first-order valence-corrected chi connectivity index (χ1v) is 10.6. The number of nitrogens with one attached hydrogen (secondary N) is 3. The normalized spacial score (nSPS) is 11.5. The van der Waals surface area contributed by atoms with Crippen LogP contribution >= 0.6 is 24.0 Å². The first kappa shape index (κ1) is 25.2. The zero-order valence-corrected chi connectivity index (χ0v) is 20.1. The van der Waals surface area contributed by atoms with E-state index in [2.05, 4.69) is 20.3 Å². The van der Waals surface area contributed by atoms with Crippen LogP contribution < -0.4 is 20.1 Å². The van der Waals surface area contributed by atoms with Crippen molar-refractivity contribution >= 4 is 40.0 Å². The van der Waals surface area contributed by atoms with E-state index in [1.807, 2.05) is 31.2 Å². The Morgan fingerprint density at radius 3 is 2.17 bits per heavy atom. The van der Waals surface area contributed by atoms with Crippen molar-refractivity contribution < 1.29 is 13.2 Å². The van der Waals surface area contributed by atoms with Crippen LogP contribution in [0.1, 0.15) is 11.1 Å². The summed E-state index contributed by atoms with van der Waals surface area (Å²) in [5, 5.41) is 6.31. The SMILES string of the molecule is CN=C(NCCNS(=O)(=O)c1ccc(C)cc1)NCCc1ccc(OC)cc1.I. The van der Waals surface area contributed by atoms with Crippen molar-refractivity contribution in [3.8, 4) is 5.75 Å². The third kappa shape index (κ3) is 8.58. The van der Waals surface area contributed by atoms with Gasteiger partial charge in [-0.25, -0.2) is 13.1 Å². The maximum Gasteiger partial charge on any atom is 0.240 e. The Balaban J connectivity index is 0.00000420. The largest absolute Gasteiger partial charge is 0.497 e. The van der Waals surface area contributed by atoms with Crippen molar-refractivity contribution in [2.24, 2.45) is 4.99 Å². The Bertz CT molecular complexity index is 870. The minimum Gasteiger partial charge on any atom is -0.497 e. The van der Waals surface area contributed by atoms with Gasteiger partial charge in [-0.2, -0.15) is 0 Å². The Kier molecular flexibility index (Phi) is 11.0. The minimum absolute atomic E-state index is 0. The highest BCUT2D eigenvalue weighted by Gasteiger charge is 2.12. The molecule has 0 fully saturated rings. The fraction of sp³-hybridized carbons (Fsp3) is 0.350. The van der Waals surface area contributed by atoms with Gasteiger partial charge in [-0.05, 0) is 43.2 Å². The highest BCUT2D eigenvalue weighted by molar-refractivity contribution is 14.0. The molecule has 0 aliphatic carbocycles. The fourth-order valence-electron chi connectivity index (χ4n) is 2.51. The topological polar surface area (TPSA) is 91.8 Å². The maximum atomic E-state index is 12.2. The van der Waals surface area contributed by atoms with Crippen LogP contribution in [0.4, 0.5) is 0 Å². The molecule has 0 radical (unpaired) electrons. The third-order valence-corrected chi connectivity index (χ3v) is 5.61. The second kappa shape index (κ2) is 12.7. The van der Waals surface area contributed by atoms with Gasteiger partial charge in [0, 0.05) is 26.7 Å². The van der Waals surface area contributed by atoms with Gasteiger partial charge in [0.2, 0.25) is 10.0 Å². The monoisotopic (exact) mass is 532 g/mol. The standard InChI is InChI=1S/C20H28N4O3S.HI/c1-16-4-10-19(11-5-16)28(25,26)24-15-14-23-20(21-2)22-13-12-17-6-8-18(27-3)9-7-17;/h4-11,24H,12-15H2,1-3H3,(H2,21,22,23);1H. The van der Waals surface area contributed by atoms with E-state index in [4.69, 9.17) is 4.74 Å². The summed E-state index contributed by atoms with van der Waals surface area (Å²) in [4.78, 5) is 4.41. The van der Waals surface area contributed by atoms with Crippen LogP contribution in [-0.4, -0.2) is 48.2 Å². The number of aryl methyl sites for hydroxylation is 1. The van der Waals surface area contributed by atoms with Crippen LogP contribution in [-0.2, 0) is 16.4 Å². The number of hydrogen-bond donors (Lipinski definition) is 3. The molecule has 160 valence electrons. The molecule has 9 heteroatoms. The first-order chi connectivity index (χ1) is 13.4. The van der Waals surface area contributed by atoms with Gasteiger partial charge in [-0.3, -0.25) is 4.99 Å². The summed E-state index contributed by atoms with van der Waals surface area (Å²) >= 11 is 0. The van der Waals surface area contributed by atoms with Gasteiger partial charge in [0.1, 0.15) is 5.75 Å². The molecule has 0 saturated carbocycles. The van der Waals surface area contributed by atoms with Crippen molar-refractivity contribution in [2.75, 3.05) is 33.8 Å². The summed E-state index contributed by atoms with van der Waals surface area (Å²) in [6.07, 6.45) is 0.838. The summed E-state index contributed by atoms with van der Waals surface area (Å²) in [7, 11) is -0.175. The van der Waals surface area contributed by atoms with Gasteiger partial charge in [0.25, 0.3) is 0 Å². The molecule has 2 aromatic rings. The molecule has 2 rings (SSSR count). The molecule has 0 bridgehead atoms. The third-order valence-electron chi connectivity index (χ3n) is 4.13. The first-order valence-electron chi connectivity index (χ1n) is 9.08. The summed E-state index contributed by atoms with van der Waals surface area (Å²) in [6, 6.07) is 14.7. The zero-order valence-electron chi connectivity index (χ0n) is 16.9. The second-order valence-corrected chi connectivity index (χ2v) is 8.00. The molecule has 0 aliphatic heterocycles. The number of ether oxygens (including phenoxy) is 1. The summed E-state index contributed by atoms with van der Waals surface area (Å²) in [5.74, 6) is 1.46. The average Bonchev–Trinajstić information content (AvgIpc) is 2.70. The maximum absolute atomic E-state index is 12.2. The lowest BCUT2D eigenvalue weighted by Crippen LogP contribution is -2.42. The molecular formula is C20H29IN4O3S. The Labute approximate surface area is 190 Å². The highest BCUT2D eigenvalue weighted by atomic mass is 127. The Morgan fingerprint density at radius 2 is 1.59 bits per heavy atom. The molecule has 0 spiro atoms. The molecule has 7 nitrogen and oxygen atoms in total. The van der Waals surface area contributed by atoms with E-state index in [1.165, 1.54) is 5.56 Å². The lowest BCUT2D eigenvalue weighted by Gasteiger charge is -2.13. The number of aliphatic imine (C=N–C) groups is 1. The smallest absolute Gasteiger partial charge is 0.240 e. The van der Waals surface area contributed by atoms with Gasteiger partial charge in [-0.15, -0.1) is 24.0 Å². The lowest BCUT2D eigenvalue weighted by atomic mass is 10.1. The van der Waals surface area contributed by atoms with Crippen LogP contribution in [0.15, 0.2) is 58.4 Å². The van der Waals surface area contributed by atoms with Crippen molar-refractivity contribution in [3.05, 3.63) is 59.7 Å². The van der Waals surface area contributed by atoms with Crippen molar-refractivity contribution in [3.63, 3.8) is 0 Å². The van der Waals surface area contributed by atoms with Crippen LogP contribution in [0.5, 0.6) is 5.75 Å². The fourth-order valence-corrected chi connectivity index (χ4v) is 3.54. The van der Waals surface area contributed by atoms with Crippen molar-refractivity contribution in [1.82, 2.24) is 15.4 Å². The molecule has 0 aliphatic rings. The average molecular weight is 532 g/mol. The number of sulfonamides is 1. The predicted molar refractivity (Wildman–Crippen MR) is 128 cm³/mol. The van der Waals surface area contributed by atoms with Gasteiger partial charge in [-0.1, -0.05) is 29.8 Å². The van der Waals surface area contributed by atoms with Gasteiger partial charge < -0.3 is 15.4 Å². The van der Waals surface area contributed by atoms with E-state index in [0.29, 0.717) is 19.0 Å². The number of rotatable bonds is 9. The van der Waals surface area contributed by atoms with E-state index in [-0.39, 0.29) is 35.4 Å². The molecular weight excluding hydrogens is 503 g/mol. The summed E-state index contributed by atoms with van der Waals surface area (Å²) in [5.41, 5.74) is 2.21. The van der Waals surface area contributed by atoms with E-state index in [1.54, 1.807) is 38.4 Å². The van der Waals surface area contributed by atoms with Crippen LogP contribution in [0.3, 0.4) is 0 Å². The number of methoxy groups -OCH3 is 1. The summed E-state index contributed by atoms with van der Waals surface area (Å²) in [6.45, 7) is 3.31. The molecule has 2 aromatic carbocycles. The lowest BCUT2D eigenvalue weighted by molar-refractivity contribution is 0.414. The van der Waals surface area contributed by atoms with E-state index >= 15 is 0 Å². The molecule has 0 saturated heterocycles. The zero-order chi connectivity index (χ0) is 20.4. The van der Waals surface area contributed by atoms with Crippen molar-refractivity contribution in [2.45, 2.75) is 18.2 Å². The molecule has 0 aromatic heterocycles. The molecule has 0 heterocycles. The summed E-state index contributed by atoms with van der Waals surface area (Å²) < 4.78 is 32.2. The highest BCUT2D eigenvalue weighted by Crippen LogP contribution is 2.11. The van der Waals surface area contributed by atoms with E-state index in [9.17, 15) is 8.42 Å². The molecule has 0 amide bonds. The van der Waals surface area contributed by atoms with Crippen LogP contribution in [0.2, 0.25) is 0 Å². The van der Waals surface area contributed by atoms with Crippen molar-refractivity contribution in [1.29, 1.82) is 0 Å². The van der Waals surface area contributed by atoms with E-state index < -0.39 is 10.0 Å². The number of benzene rings is 2. The van der Waals surface area contributed by atoms with Crippen LogP contribution in [0, 0.1) is 6.92 Å². The second-order valence-electron chi connectivity index (χ2n) is 6.23. The number of hydrogen-bond acceptors (Lipinski definition) is 4. The number of guanidine groups is 1. The van der Waals surface area contributed by atoms with Gasteiger partial charge >= 0.3 is 0 Å². The quantitative estimate of drug-likeness (QED) is 0.200. The molecule has 0 atom stereocenters. The number of halogens is 1. The van der Waals surface area contributed by atoms with Crippen LogP contribution in [0.25, 0.3) is 0 Å². The number of nitrogens with zero attached hydrogens (tertiary/aromatic N) is 1. The Morgan fingerprint density at radius 1 is 0.966 bits per heavy atom. The van der Waals surface area contributed by atoms with E-state index in [0.717, 1.165) is 17.7 Å². The minimum atomic E-state index is -3.50. The van der Waals surface area contributed by atoms with Gasteiger partial charge in [0.15, 0.2) is 5.96 Å². The molecule has 0 unspecified atom stereocenters.